The fourth-order valence-corrected chi connectivity index (χ4v) is 2.06. The number of aromatic nitrogens is 1. The number of carbonyl (C=O) groups is 1. The van der Waals surface area contributed by atoms with Crippen molar-refractivity contribution in [2.75, 3.05) is 10.7 Å². The Morgan fingerprint density at radius 2 is 1.95 bits per heavy atom. The van der Waals surface area contributed by atoms with E-state index >= 15 is 0 Å². The highest BCUT2D eigenvalue weighted by Crippen LogP contribution is 2.26. The van der Waals surface area contributed by atoms with Crippen molar-refractivity contribution < 1.29 is 4.79 Å². The Bertz CT molecular complexity index is 666. The van der Waals surface area contributed by atoms with Crippen molar-refractivity contribution in [2.24, 2.45) is 5.84 Å². The summed E-state index contributed by atoms with van der Waals surface area (Å²) < 4.78 is 0.739. The number of nitrogen functional groups attached to an aromatic ring is 1. The van der Waals surface area contributed by atoms with Crippen LogP contribution in [0.1, 0.15) is 10.5 Å². The molecule has 0 bridgehead atoms. The van der Waals surface area contributed by atoms with E-state index in [4.69, 9.17) is 29.0 Å². The predicted octanol–water partition coefficient (Wildman–Crippen LogP) is 3.69. The van der Waals surface area contributed by atoms with Gasteiger partial charge >= 0.3 is 0 Å². The molecule has 0 fully saturated rings. The van der Waals surface area contributed by atoms with E-state index in [9.17, 15) is 4.79 Å². The van der Waals surface area contributed by atoms with Gasteiger partial charge in [-0.2, -0.15) is 0 Å². The number of hydrogen-bond donors (Lipinski definition) is 3. The van der Waals surface area contributed by atoms with Crippen molar-refractivity contribution in [1.82, 2.24) is 4.98 Å². The molecule has 4 N–H and O–H groups in total. The minimum absolute atomic E-state index is 0.0705. The molecule has 1 amide bonds. The molecule has 0 radical (unpaired) electrons. The van der Waals surface area contributed by atoms with E-state index in [0.29, 0.717) is 16.5 Å². The van der Waals surface area contributed by atoms with Crippen LogP contribution < -0.4 is 16.6 Å². The van der Waals surface area contributed by atoms with Gasteiger partial charge in [-0.15, -0.1) is 0 Å². The van der Waals surface area contributed by atoms with Crippen LogP contribution in [0, 0.1) is 0 Å². The fourth-order valence-electron chi connectivity index (χ4n) is 1.45. The van der Waals surface area contributed by atoms with Gasteiger partial charge in [0.2, 0.25) is 0 Å². The highest BCUT2D eigenvalue weighted by Gasteiger charge is 2.14. The van der Waals surface area contributed by atoms with Crippen LogP contribution in [0.5, 0.6) is 0 Å². The molecule has 20 heavy (non-hydrogen) atoms. The highest BCUT2D eigenvalue weighted by molar-refractivity contribution is 9.10. The number of rotatable bonds is 3. The summed E-state index contributed by atoms with van der Waals surface area (Å²) in [6.07, 6.45) is 0. The number of pyridine rings is 1. The summed E-state index contributed by atoms with van der Waals surface area (Å²) in [6.45, 7) is 0. The second kappa shape index (κ2) is 6.41. The van der Waals surface area contributed by atoms with Gasteiger partial charge in [-0.1, -0.05) is 23.2 Å². The Morgan fingerprint density at radius 1 is 1.20 bits per heavy atom. The molecule has 1 heterocycles. The van der Waals surface area contributed by atoms with Crippen LogP contribution in [0.15, 0.2) is 34.8 Å². The molecule has 2 rings (SSSR count). The number of nitrogens with zero attached hydrogens (tertiary/aromatic N) is 1. The molecule has 0 aliphatic heterocycles. The number of amides is 1. The molecular weight excluding hydrogens is 367 g/mol. The quantitative estimate of drug-likeness (QED) is 0.564. The Balaban J connectivity index is 2.25. The number of nitrogens with two attached hydrogens (primary N) is 1. The zero-order valence-corrected chi connectivity index (χ0v) is 13.1. The molecule has 8 heteroatoms. The molecule has 1 aromatic carbocycles. The van der Waals surface area contributed by atoms with E-state index in [0.717, 1.165) is 4.47 Å². The third-order valence-electron chi connectivity index (χ3n) is 2.39. The summed E-state index contributed by atoms with van der Waals surface area (Å²) in [4.78, 5) is 16.1. The number of halogens is 3. The van der Waals surface area contributed by atoms with E-state index in [1.54, 1.807) is 24.3 Å². The largest absolute Gasteiger partial charge is 0.321 e. The smallest absolute Gasteiger partial charge is 0.275 e. The predicted molar refractivity (Wildman–Crippen MR) is 84.2 cm³/mol. The average molecular weight is 376 g/mol. The number of anilines is 2. The maximum absolute atomic E-state index is 12.1. The Kier molecular flexibility index (Phi) is 4.82. The van der Waals surface area contributed by atoms with E-state index in [1.807, 2.05) is 0 Å². The van der Waals surface area contributed by atoms with E-state index < -0.39 is 5.91 Å². The van der Waals surface area contributed by atoms with Crippen LogP contribution in [-0.2, 0) is 0 Å². The molecular formula is C12H9BrCl2N4O. The van der Waals surface area contributed by atoms with E-state index in [1.165, 1.54) is 6.07 Å². The lowest BCUT2D eigenvalue weighted by Crippen LogP contribution is -2.16. The van der Waals surface area contributed by atoms with Gasteiger partial charge in [0.15, 0.2) is 0 Å². The molecule has 1 aromatic heterocycles. The number of hydrazine groups is 1. The molecule has 0 atom stereocenters. The SMILES string of the molecule is NNc1ccc(Cl)c(C(=O)Nc2ccc(Br)c(Cl)c2)n1. The summed E-state index contributed by atoms with van der Waals surface area (Å²) in [5.74, 6) is 5.14. The zero-order valence-electron chi connectivity index (χ0n) is 9.95. The van der Waals surface area contributed by atoms with Gasteiger partial charge in [-0.25, -0.2) is 10.8 Å². The van der Waals surface area contributed by atoms with E-state index in [-0.39, 0.29) is 10.7 Å². The van der Waals surface area contributed by atoms with Crippen LogP contribution in [0.25, 0.3) is 0 Å². The van der Waals surface area contributed by atoms with Gasteiger partial charge in [-0.3, -0.25) is 4.79 Å². The number of hydrogen-bond acceptors (Lipinski definition) is 4. The third-order valence-corrected chi connectivity index (χ3v) is 3.92. The highest BCUT2D eigenvalue weighted by atomic mass is 79.9. The Morgan fingerprint density at radius 3 is 2.60 bits per heavy atom. The number of benzene rings is 1. The summed E-state index contributed by atoms with van der Waals surface area (Å²) in [7, 11) is 0. The van der Waals surface area contributed by atoms with Crippen molar-refractivity contribution in [1.29, 1.82) is 0 Å². The molecule has 0 saturated heterocycles. The van der Waals surface area contributed by atoms with Gasteiger partial charge in [0.1, 0.15) is 11.5 Å². The van der Waals surface area contributed by atoms with Crippen LogP contribution >= 0.6 is 39.1 Å². The first-order chi connectivity index (χ1) is 9.51. The van der Waals surface area contributed by atoms with Crippen LogP contribution in [0.2, 0.25) is 10.0 Å². The first-order valence-electron chi connectivity index (χ1n) is 5.41. The lowest BCUT2D eigenvalue weighted by atomic mass is 10.3. The van der Waals surface area contributed by atoms with Gasteiger partial charge in [0.25, 0.3) is 5.91 Å². The van der Waals surface area contributed by atoms with E-state index in [2.05, 4.69) is 31.7 Å². The second-order valence-electron chi connectivity index (χ2n) is 3.75. The van der Waals surface area contributed by atoms with Gasteiger partial charge in [-0.05, 0) is 46.3 Å². The maximum Gasteiger partial charge on any atom is 0.275 e. The molecule has 0 unspecified atom stereocenters. The number of carbonyl (C=O) groups excluding carboxylic acids is 1. The first-order valence-corrected chi connectivity index (χ1v) is 6.95. The Labute approximate surface area is 133 Å². The molecule has 0 aliphatic carbocycles. The molecule has 104 valence electrons. The average Bonchev–Trinajstić information content (AvgIpc) is 2.43. The molecule has 5 nitrogen and oxygen atoms in total. The molecule has 0 saturated carbocycles. The van der Waals surface area contributed by atoms with Crippen molar-refractivity contribution >= 4 is 56.5 Å². The fraction of sp³-hybridized carbons (Fsp3) is 0. The monoisotopic (exact) mass is 374 g/mol. The normalized spacial score (nSPS) is 10.2. The van der Waals surface area contributed by atoms with Crippen molar-refractivity contribution in [3.8, 4) is 0 Å². The molecule has 0 spiro atoms. The summed E-state index contributed by atoms with van der Waals surface area (Å²) in [6, 6.07) is 8.14. The van der Waals surface area contributed by atoms with Crippen molar-refractivity contribution in [3.63, 3.8) is 0 Å². The summed E-state index contributed by atoms with van der Waals surface area (Å²) >= 11 is 15.2. The van der Waals surface area contributed by atoms with Gasteiger partial charge < -0.3 is 10.7 Å². The van der Waals surface area contributed by atoms with Crippen molar-refractivity contribution in [3.05, 3.63) is 50.5 Å². The minimum atomic E-state index is -0.453. The lowest BCUT2D eigenvalue weighted by molar-refractivity contribution is 0.102. The lowest BCUT2D eigenvalue weighted by Gasteiger charge is -2.08. The van der Waals surface area contributed by atoms with Crippen LogP contribution in [0.4, 0.5) is 11.5 Å². The standard InChI is InChI=1S/C12H9BrCl2N4O/c13-7-2-1-6(5-9(7)15)17-12(20)11-8(14)3-4-10(18-11)19-16/h1-5H,16H2,(H,17,20)(H,18,19). The zero-order chi connectivity index (χ0) is 14.7. The third kappa shape index (κ3) is 3.40. The summed E-state index contributed by atoms with van der Waals surface area (Å²) in [5, 5.41) is 3.37. The molecule has 2 aromatic rings. The topological polar surface area (TPSA) is 80.0 Å². The first kappa shape index (κ1) is 15.1. The van der Waals surface area contributed by atoms with Crippen LogP contribution in [-0.4, -0.2) is 10.9 Å². The number of nitrogens with one attached hydrogen (secondary N) is 2. The maximum atomic E-state index is 12.1. The molecule has 0 aliphatic rings. The van der Waals surface area contributed by atoms with Crippen LogP contribution in [0.3, 0.4) is 0 Å². The van der Waals surface area contributed by atoms with Gasteiger partial charge in [0, 0.05) is 10.2 Å². The summed E-state index contributed by atoms with van der Waals surface area (Å²) in [5.41, 5.74) is 2.96. The Hall–Kier alpha value is -1.34. The second-order valence-corrected chi connectivity index (χ2v) is 5.42. The van der Waals surface area contributed by atoms with Crippen molar-refractivity contribution in [2.45, 2.75) is 0 Å². The minimum Gasteiger partial charge on any atom is -0.321 e. The van der Waals surface area contributed by atoms with Gasteiger partial charge in [0.05, 0.1) is 10.0 Å².